The number of hydrogen-bond acceptors (Lipinski definition) is 6. The summed E-state index contributed by atoms with van der Waals surface area (Å²) >= 11 is 1.41. The van der Waals surface area contributed by atoms with Gasteiger partial charge in [-0.15, -0.1) is 5.10 Å². The number of amides is 1. The van der Waals surface area contributed by atoms with Crippen LogP contribution in [0.3, 0.4) is 0 Å². The lowest BCUT2D eigenvalue weighted by Crippen LogP contribution is -2.32. The van der Waals surface area contributed by atoms with E-state index < -0.39 is 21.7 Å². The average Bonchev–Trinajstić information content (AvgIpc) is 3.09. The number of rotatable bonds is 6. The van der Waals surface area contributed by atoms with Gasteiger partial charge in [-0.25, -0.2) is 13.8 Å². The zero-order valence-electron chi connectivity index (χ0n) is 17.2. The van der Waals surface area contributed by atoms with Crippen molar-refractivity contribution in [2.24, 2.45) is 12.1 Å². The molecule has 8 nitrogen and oxygen atoms in total. The lowest BCUT2D eigenvalue weighted by atomic mass is 10.1. The number of fused-ring (bicyclic) bond motifs is 1. The minimum atomic E-state index is -3.85. The molecule has 0 radical (unpaired) electrons. The maximum atomic E-state index is 12.4. The smallest absolute Gasteiger partial charge is 0.257 e. The van der Waals surface area contributed by atoms with Crippen molar-refractivity contribution in [1.29, 1.82) is 0 Å². The molecule has 1 fully saturated rings. The Hall–Kier alpha value is -2.85. The number of sulfonamides is 1. The van der Waals surface area contributed by atoms with Crippen molar-refractivity contribution in [2.75, 3.05) is 28.5 Å². The number of anilines is 2. The zero-order valence-corrected chi connectivity index (χ0v) is 18.9. The molecule has 2 aromatic carbocycles. The molecule has 1 amide bonds. The fraction of sp³-hybridized carbons (Fsp3) is 0.333. The van der Waals surface area contributed by atoms with Crippen molar-refractivity contribution >= 4 is 48.9 Å². The molecule has 2 N–H and O–H groups in total. The molecule has 0 atom stereocenters. The van der Waals surface area contributed by atoms with E-state index in [-0.39, 0.29) is 0 Å². The minimum absolute atomic E-state index is 0.432. The van der Waals surface area contributed by atoms with Gasteiger partial charge >= 0.3 is 0 Å². The zero-order chi connectivity index (χ0) is 21.8. The van der Waals surface area contributed by atoms with Crippen LogP contribution in [0.5, 0.6) is 0 Å². The van der Waals surface area contributed by atoms with Gasteiger partial charge in [0.05, 0.1) is 10.2 Å². The van der Waals surface area contributed by atoms with Crippen LogP contribution in [-0.2, 0) is 21.9 Å². The summed E-state index contributed by atoms with van der Waals surface area (Å²) in [6.45, 7) is 2.04. The normalized spacial score (nSPS) is 15.3. The van der Waals surface area contributed by atoms with Crippen molar-refractivity contribution in [3.05, 3.63) is 53.3 Å². The van der Waals surface area contributed by atoms with Gasteiger partial charge in [0.15, 0.2) is 0 Å². The highest BCUT2D eigenvalue weighted by Crippen LogP contribution is 2.22. The van der Waals surface area contributed by atoms with Crippen molar-refractivity contribution < 1.29 is 13.2 Å². The third-order valence-corrected chi connectivity index (χ3v) is 7.48. The number of aromatic nitrogens is 1. The Bertz CT molecular complexity index is 1240. The Kier molecular flexibility index (Phi) is 6.28. The van der Waals surface area contributed by atoms with Gasteiger partial charge in [0.1, 0.15) is 5.75 Å². The minimum Gasteiger partial charge on any atom is -0.372 e. The van der Waals surface area contributed by atoms with Gasteiger partial charge in [0.2, 0.25) is 14.8 Å². The topological polar surface area (TPSA) is 95.8 Å². The maximum absolute atomic E-state index is 12.4. The number of thiazole rings is 1. The number of piperidine rings is 1. The standard InChI is InChI=1S/C21H25N5O3S2/c1-25-18-7-3-4-8-19(18)30-21(25)23-22-20(27)15-31(28,29)24-16-9-11-17(12-10-16)26-13-5-2-6-14-26/h3-4,7-12,24H,2,5-6,13-15H2,1H3,(H,22,27)/b23-21+. The Morgan fingerprint density at radius 1 is 1.06 bits per heavy atom. The van der Waals surface area contributed by atoms with Crippen LogP contribution in [0.4, 0.5) is 11.4 Å². The molecule has 10 heteroatoms. The van der Waals surface area contributed by atoms with E-state index in [9.17, 15) is 13.2 Å². The molecule has 1 aromatic heterocycles. The second-order valence-electron chi connectivity index (χ2n) is 7.51. The predicted molar refractivity (Wildman–Crippen MR) is 124 cm³/mol. The van der Waals surface area contributed by atoms with Gasteiger partial charge in [-0.1, -0.05) is 23.5 Å². The van der Waals surface area contributed by atoms with E-state index in [0.717, 1.165) is 29.0 Å². The van der Waals surface area contributed by atoms with E-state index in [0.29, 0.717) is 10.5 Å². The van der Waals surface area contributed by atoms with E-state index in [1.807, 2.05) is 48.0 Å². The van der Waals surface area contributed by atoms with Crippen molar-refractivity contribution in [1.82, 2.24) is 9.99 Å². The molecule has 31 heavy (non-hydrogen) atoms. The molecule has 0 spiro atoms. The second-order valence-corrected chi connectivity index (χ2v) is 10.2. The van der Waals surface area contributed by atoms with Gasteiger partial charge in [-0.05, 0) is 55.7 Å². The third kappa shape index (κ3) is 5.26. The summed E-state index contributed by atoms with van der Waals surface area (Å²) in [7, 11) is -2.01. The van der Waals surface area contributed by atoms with E-state index in [2.05, 4.69) is 20.1 Å². The summed E-state index contributed by atoms with van der Waals surface area (Å²) in [4.78, 5) is 15.0. The number of carbonyl (C=O) groups is 1. The van der Waals surface area contributed by atoms with Gasteiger partial charge in [0.25, 0.3) is 5.91 Å². The molecular formula is C21H25N5O3S2. The first kappa shape index (κ1) is 21.4. The van der Waals surface area contributed by atoms with Crippen LogP contribution in [0.2, 0.25) is 0 Å². The van der Waals surface area contributed by atoms with Crippen LogP contribution in [0.15, 0.2) is 53.6 Å². The number of para-hydroxylation sites is 1. The molecular weight excluding hydrogens is 434 g/mol. The molecule has 1 saturated heterocycles. The summed E-state index contributed by atoms with van der Waals surface area (Å²) in [5, 5.41) is 4.08. The van der Waals surface area contributed by atoms with Crippen molar-refractivity contribution in [3.8, 4) is 0 Å². The van der Waals surface area contributed by atoms with E-state index >= 15 is 0 Å². The van der Waals surface area contributed by atoms with Crippen LogP contribution in [0, 0.1) is 0 Å². The first-order valence-corrected chi connectivity index (χ1v) is 12.6. The van der Waals surface area contributed by atoms with Gasteiger partial charge in [0, 0.05) is 31.5 Å². The molecule has 4 rings (SSSR count). The van der Waals surface area contributed by atoms with Crippen LogP contribution in [-0.4, -0.2) is 37.7 Å². The maximum Gasteiger partial charge on any atom is 0.257 e. The SMILES string of the molecule is Cn1/c(=N\NC(=O)CS(=O)(=O)Nc2ccc(N3CCCCC3)cc2)sc2ccccc21. The second kappa shape index (κ2) is 9.11. The van der Waals surface area contributed by atoms with Gasteiger partial charge in [-0.3, -0.25) is 9.52 Å². The Morgan fingerprint density at radius 3 is 2.48 bits per heavy atom. The molecule has 1 aliphatic rings. The third-order valence-electron chi connectivity index (χ3n) is 5.17. The number of nitrogens with zero attached hydrogens (tertiary/aromatic N) is 3. The number of nitrogens with one attached hydrogen (secondary N) is 2. The molecule has 164 valence electrons. The summed E-state index contributed by atoms with van der Waals surface area (Å²) in [6, 6.07) is 15.0. The number of benzene rings is 2. The van der Waals surface area contributed by atoms with E-state index in [4.69, 9.17) is 0 Å². The average molecular weight is 460 g/mol. The van der Waals surface area contributed by atoms with Gasteiger partial charge in [-0.2, -0.15) is 0 Å². The Labute approximate surface area is 185 Å². The van der Waals surface area contributed by atoms with E-state index in [1.165, 1.54) is 30.6 Å². The van der Waals surface area contributed by atoms with Crippen LogP contribution in [0.25, 0.3) is 10.2 Å². The van der Waals surface area contributed by atoms with Crippen molar-refractivity contribution in [3.63, 3.8) is 0 Å². The van der Waals surface area contributed by atoms with Crippen LogP contribution < -0.4 is 19.8 Å². The highest BCUT2D eigenvalue weighted by Gasteiger charge is 2.17. The first-order valence-electron chi connectivity index (χ1n) is 10.1. The molecule has 0 unspecified atom stereocenters. The molecule has 3 aromatic rings. The first-order chi connectivity index (χ1) is 14.9. The molecule has 0 saturated carbocycles. The van der Waals surface area contributed by atoms with E-state index in [1.54, 1.807) is 12.1 Å². The fourth-order valence-corrected chi connectivity index (χ4v) is 5.57. The quantitative estimate of drug-likeness (QED) is 0.554. The van der Waals surface area contributed by atoms with Gasteiger partial charge < -0.3 is 9.47 Å². The highest BCUT2D eigenvalue weighted by atomic mass is 32.2. The lowest BCUT2D eigenvalue weighted by molar-refractivity contribution is -0.118. The molecule has 0 aliphatic carbocycles. The molecule has 0 bridgehead atoms. The fourth-order valence-electron chi connectivity index (χ4n) is 3.61. The summed E-state index contributed by atoms with van der Waals surface area (Å²) in [6.07, 6.45) is 3.60. The summed E-state index contributed by atoms with van der Waals surface area (Å²) in [5.74, 6) is -1.41. The summed E-state index contributed by atoms with van der Waals surface area (Å²) < 4.78 is 30.1. The largest absolute Gasteiger partial charge is 0.372 e. The Balaban J connectivity index is 1.37. The van der Waals surface area contributed by atoms with Crippen LogP contribution in [0.1, 0.15) is 19.3 Å². The number of hydrogen-bond donors (Lipinski definition) is 2. The number of carbonyl (C=O) groups excluding carboxylic acids is 1. The van der Waals surface area contributed by atoms with Crippen LogP contribution >= 0.6 is 11.3 Å². The summed E-state index contributed by atoms with van der Waals surface area (Å²) in [5.41, 5.74) is 4.84. The Morgan fingerprint density at radius 2 is 1.77 bits per heavy atom. The predicted octanol–water partition coefficient (Wildman–Crippen LogP) is 2.60. The monoisotopic (exact) mass is 459 g/mol. The number of aryl methyl sites for hydroxylation is 1. The highest BCUT2D eigenvalue weighted by molar-refractivity contribution is 7.93. The van der Waals surface area contributed by atoms with Crippen molar-refractivity contribution in [2.45, 2.75) is 19.3 Å². The molecule has 1 aliphatic heterocycles. The lowest BCUT2D eigenvalue weighted by Gasteiger charge is -2.28. The molecule has 2 heterocycles.